The average Bonchev–Trinajstić information content (AvgIpc) is 3.35. The summed E-state index contributed by atoms with van der Waals surface area (Å²) < 4.78 is 0. The standard InChI is InChI=1S/C21H22N2O3/c1-10-5-11(2)7-12(6-10)22-17(24)9-23-20(25)18-13-3-4-14(16-8-15(13)16)19(18)21(23)26/h3-7,13-16,18-19H,8-9H2,1-2H3,(H,22,24). The van der Waals surface area contributed by atoms with Crippen molar-refractivity contribution in [1.29, 1.82) is 0 Å². The lowest BCUT2D eigenvalue weighted by Gasteiger charge is -2.37. The number of carbonyl (C=O) groups excluding carboxylic acids is 3. The Morgan fingerprint density at radius 1 is 1.00 bits per heavy atom. The zero-order chi connectivity index (χ0) is 18.2. The SMILES string of the molecule is Cc1cc(C)cc(NC(=O)CN2C(=O)C3C4C=CC(C5CC45)C3C2=O)c1. The molecule has 0 spiro atoms. The van der Waals surface area contributed by atoms with Crippen LogP contribution in [0.1, 0.15) is 17.5 Å². The van der Waals surface area contributed by atoms with Gasteiger partial charge in [0.25, 0.3) is 0 Å². The first kappa shape index (κ1) is 15.8. The molecular weight excluding hydrogens is 328 g/mol. The molecule has 0 aromatic heterocycles. The van der Waals surface area contributed by atoms with Gasteiger partial charge in [-0.3, -0.25) is 19.3 Å². The minimum Gasteiger partial charge on any atom is -0.325 e. The molecule has 1 N–H and O–H groups in total. The molecule has 0 radical (unpaired) electrons. The number of aryl methyl sites for hydroxylation is 2. The van der Waals surface area contributed by atoms with Crippen LogP contribution in [0.5, 0.6) is 0 Å². The van der Waals surface area contributed by atoms with Gasteiger partial charge in [-0.25, -0.2) is 0 Å². The van der Waals surface area contributed by atoms with Gasteiger partial charge in [-0.1, -0.05) is 18.2 Å². The Bertz CT molecular complexity index is 818. The van der Waals surface area contributed by atoms with Crippen molar-refractivity contribution in [2.24, 2.45) is 35.5 Å². The number of carbonyl (C=O) groups is 3. The van der Waals surface area contributed by atoms with E-state index in [0.29, 0.717) is 17.5 Å². The maximum atomic E-state index is 12.9. The third-order valence-corrected chi connectivity index (χ3v) is 6.56. The second kappa shape index (κ2) is 5.29. The Morgan fingerprint density at radius 2 is 1.54 bits per heavy atom. The van der Waals surface area contributed by atoms with Gasteiger partial charge in [0, 0.05) is 5.69 Å². The summed E-state index contributed by atoms with van der Waals surface area (Å²) in [6.07, 6.45) is 5.43. The van der Waals surface area contributed by atoms with Crippen molar-refractivity contribution in [2.75, 3.05) is 11.9 Å². The zero-order valence-electron chi connectivity index (χ0n) is 14.9. The fraction of sp³-hybridized carbons (Fsp3) is 0.476. The van der Waals surface area contributed by atoms with Crippen LogP contribution in [0.2, 0.25) is 0 Å². The quantitative estimate of drug-likeness (QED) is 0.672. The largest absolute Gasteiger partial charge is 0.325 e. The summed E-state index contributed by atoms with van der Waals surface area (Å²) in [5.74, 6) is 0.434. The molecule has 6 unspecified atom stereocenters. The number of imide groups is 1. The molecule has 2 saturated carbocycles. The average molecular weight is 350 g/mol. The van der Waals surface area contributed by atoms with Gasteiger partial charge in [-0.2, -0.15) is 0 Å². The highest BCUT2D eigenvalue weighted by atomic mass is 16.2. The van der Waals surface area contributed by atoms with Crippen molar-refractivity contribution in [2.45, 2.75) is 20.3 Å². The molecule has 3 amide bonds. The molecule has 6 atom stereocenters. The highest BCUT2D eigenvalue weighted by Crippen LogP contribution is 2.65. The van der Waals surface area contributed by atoms with E-state index in [0.717, 1.165) is 17.5 Å². The number of likely N-dealkylation sites (tertiary alicyclic amines) is 1. The first-order chi connectivity index (χ1) is 12.4. The highest BCUT2D eigenvalue weighted by Gasteiger charge is 2.67. The predicted octanol–water partition coefficient (Wildman–Crippen LogP) is 2.30. The van der Waals surface area contributed by atoms with Crippen molar-refractivity contribution >= 4 is 23.4 Å². The highest BCUT2D eigenvalue weighted by molar-refractivity contribution is 6.09. The molecule has 1 aliphatic heterocycles. The van der Waals surface area contributed by atoms with Crippen molar-refractivity contribution in [1.82, 2.24) is 4.90 Å². The molecule has 2 bridgehead atoms. The normalized spacial score (nSPS) is 36.2. The van der Waals surface area contributed by atoms with Crippen LogP contribution in [0.15, 0.2) is 30.4 Å². The van der Waals surface area contributed by atoms with Crippen LogP contribution < -0.4 is 5.32 Å². The summed E-state index contributed by atoms with van der Waals surface area (Å²) in [4.78, 5) is 39.4. The number of nitrogens with zero attached hydrogens (tertiary/aromatic N) is 1. The lowest BCUT2D eigenvalue weighted by Crippen LogP contribution is -2.40. The van der Waals surface area contributed by atoms with Gasteiger partial charge in [0.05, 0.1) is 11.8 Å². The molecule has 26 heavy (non-hydrogen) atoms. The summed E-state index contributed by atoms with van der Waals surface area (Å²) in [6.45, 7) is 3.75. The smallest absolute Gasteiger partial charge is 0.244 e. The van der Waals surface area contributed by atoms with Crippen LogP contribution in [0.25, 0.3) is 0 Å². The predicted molar refractivity (Wildman–Crippen MR) is 96.0 cm³/mol. The Hall–Kier alpha value is -2.43. The van der Waals surface area contributed by atoms with Crippen LogP contribution in [-0.2, 0) is 14.4 Å². The molecule has 1 aromatic carbocycles. The topological polar surface area (TPSA) is 66.5 Å². The second-order valence-corrected chi connectivity index (χ2v) is 8.34. The summed E-state index contributed by atoms with van der Waals surface area (Å²) in [5, 5.41) is 2.83. The van der Waals surface area contributed by atoms with Crippen molar-refractivity contribution in [3.05, 3.63) is 41.5 Å². The minimum absolute atomic E-state index is 0.153. The van der Waals surface area contributed by atoms with Gasteiger partial charge >= 0.3 is 0 Å². The van der Waals surface area contributed by atoms with Gasteiger partial charge in [0.2, 0.25) is 17.7 Å². The van der Waals surface area contributed by atoms with E-state index < -0.39 is 0 Å². The third-order valence-electron chi connectivity index (χ3n) is 6.56. The number of hydrogen-bond acceptors (Lipinski definition) is 3. The Kier molecular flexibility index (Phi) is 3.21. The molecule has 3 fully saturated rings. The second-order valence-electron chi connectivity index (χ2n) is 8.34. The van der Waals surface area contributed by atoms with Crippen LogP contribution in [-0.4, -0.2) is 29.2 Å². The molecule has 1 aromatic rings. The lowest BCUT2D eigenvalue weighted by atomic mass is 9.63. The molecule has 1 heterocycles. The number of allylic oxidation sites excluding steroid dienone is 2. The molecule has 6 rings (SSSR count). The van der Waals surface area contributed by atoms with Crippen molar-refractivity contribution in [3.8, 4) is 0 Å². The molecule has 5 aliphatic rings. The van der Waals surface area contributed by atoms with E-state index in [1.807, 2.05) is 32.0 Å². The molecular formula is C21H22N2O3. The fourth-order valence-electron chi connectivity index (χ4n) is 5.57. The summed E-state index contributed by atoms with van der Waals surface area (Å²) in [7, 11) is 0. The monoisotopic (exact) mass is 350 g/mol. The maximum Gasteiger partial charge on any atom is 0.244 e. The maximum absolute atomic E-state index is 12.9. The van der Waals surface area contributed by atoms with E-state index >= 15 is 0 Å². The number of benzene rings is 1. The third kappa shape index (κ3) is 2.19. The summed E-state index contributed by atoms with van der Waals surface area (Å²) in [6, 6.07) is 5.80. The number of hydrogen-bond donors (Lipinski definition) is 1. The Morgan fingerprint density at radius 3 is 2.08 bits per heavy atom. The summed E-state index contributed by atoms with van der Waals surface area (Å²) in [5.41, 5.74) is 2.81. The van der Waals surface area contributed by atoms with E-state index in [2.05, 4.69) is 17.5 Å². The van der Waals surface area contributed by atoms with E-state index in [-0.39, 0.29) is 47.9 Å². The van der Waals surface area contributed by atoms with E-state index in [4.69, 9.17) is 0 Å². The van der Waals surface area contributed by atoms with E-state index in [9.17, 15) is 14.4 Å². The molecule has 1 saturated heterocycles. The van der Waals surface area contributed by atoms with Crippen molar-refractivity contribution in [3.63, 3.8) is 0 Å². The van der Waals surface area contributed by atoms with Gasteiger partial charge in [-0.05, 0) is 67.2 Å². The van der Waals surface area contributed by atoms with Crippen LogP contribution in [0.4, 0.5) is 5.69 Å². The number of anilines is 1. The zero-order valence-corrected chi connectivity index (χ0v) is 14.9. The summed E-state index contributed by atoms with van der Waals surface area (Å²) >= 11 is 0. The van der Waals surface area contributed by atoms with Gasteiger partial charge in [-0.15, -0.1) is 0 Å². The fourth-order valence-corrected chi connectivity index (χ4v) is 5.57. The number of amides is 3. The molecule has 5 heteroatoms. The Balaban J connectivity index is 1.33. The lowest BCUT2D eigenvalue weighted by molar-refractivity contribution is -0.142. The van der Waals surface area contributed by atoms with Crippen molar-refractivity contribution < 1.29 is 14.4 Å². The van der Waals surface area contributed by atoms with Crippen LogP contribution in [0, 0.1) is 49.4 Å². The molecule has 5 nitrogen and oxygen atoms in total. The Labute approximate surface area is 152 Å². The van der Waals surface area contributed by atoms with Crippen LogP contribution >= 0.6 is 0 Å². The first-order valence-electron chi connectivity index (χ1n) is 9.36. The number of rotatable bonds is 3. The van der Waals surface area contributed by atoms with E-state index in [1.165, 1.54) is 4.90 Å². The van der Waals surface area contributed by atoms with Gasteiger partial charge in [0.1, 0.15) is 6.54 Å². The van der Waals surface area contributed by atoms with Crippen LogP contribution in [0.3, 0.4) is 0 Å². The first-order valence-corrected chi connectivity index (χ1v) is 9.36. The number of nitrogens with one attached hydrogen (secondary N) is 1. The molecule has 4 aliphatic carbocycles. The van der Waals surface area contributed by atoms with Gasteiger partial charge < -0.3 is 5.32 Å². The minimum atomic E-state index is -0.319. The van der Waals surface area contributed by atoms with Gasteiger partial charge in [0.15, 0.2) is 0 Å². The molecule has 134 valence electrons. The van der Waals surface area contributed by atoms with E-state index in [1.54, 1.807) is 0 Å².